The molecule has 0 saturated heterocycles. The van der Waals surface area contributed by atoms with Gasteiger partial charge in [-0.25, -0.2) is 0 Å². The lowest BCUT2D eigenvalue weighted by molar-refractivity contribution is 0.568. The van der Waals surface area contributed by atoms with E-state index in [0.29, 0.717) is 0 Å². The van der Waals surface area contributed by atoms with Gasteiger partial charge in [-0.1, -0.05) is 12.1 Å². The van der Waals surface area contributed by atoms with Gasteiger partial charge in [-0.2, -0.15) is 5.10 Å². The maximum absolute atomic E-state index is 5.26. The Bertz CT molecular complexity index is 1360. The second-order valence-corrected chi connectivity index (χ2v) is 7.36. The summed E-state index contributed by atoms with van der Waals surface area (Å²) < 4.78 is 5.26. The van der Waals surface area contributed by atoms with E-state index < -0.39 is 0 Å². The fraction of sp³-hybridized carbons (Fsp3) is 0.130. The number of hydrogen-bond donors (Lipinski definition) is 3. The number of fused-ring (bicyclic) bond motifs is 2. The Morgan fingerprint density at radius 2 is 1.97 bits per heavy atom. The lowest BCUT2D eigenvalue weighted by Crippen LogP contribution is -2.19. The summed E-state index contributed by atoms with van der Waals surface area (Å²) in [5.41, 5.74) is 8.61. The summed E-state index contributed by atoms with van der Waals surface area (Å²) in [7, 11) is 0. The third-order valence-electron chi connectivity index (χ3n) is 5.63. The molecule has 6 nitrogen and oxygen atoms in total. The van der Waals surface area contributed by atoms with Crippen molar-refractivity contribution in [3.8, 4) is 22.5 Å². The molecule has 0 spiro atoms. The Morgan fingerprint density at radius 3 is 2.83 bits per heavy atom. The summed E-state index contributed by atoms with van der Waals surface area (Å²) >= 11 is 0. The van der Waals surface area contributed by atoms with E-state index in [9.17, 15) is 0 Å². The molecule has 0 amide bonds. The number of aromatic nitrogens is 4. The fourth-order valence-corrected chi connectivity index (χ4v) is 4.13. The molecule has 4 aromatic heterocycles. The summed E-state index contributed by atoms with van der Waals surface area (Å²) in [6, 6.07) is 10.6. The summed E-state index contributed by atoms with van der Waals surface area (Å²) in [6.45, 7) is 1.95. The highest BCUT2D eigenvalue weighted by molar-refractivity contribution is 6.01. The van der Waals surface area contributed by atoms with Crippen molar-refractivity contribution >= 4 is 27.4 Å². The van der Waals surface area contributed by atoms with Gasteiger partial charge in [0.2, 0.25) is 0 Å². The van der Waals surface area contributed by atoms with Gasteiger partial charge in [0.25, 0.3) is 0 Å². The van der Waals surface area contributed by atoms with Gasteiger partial charge in [0.1, 0.15) is 5.69 Å². The Kier molecular flexibility index (Phi) is 3.64. The summed E-state index contributed by atoms with van der Waals surface area (Å²) in [4.78, 5) is 7.88. The molecule has 5 heterocycles. The van der Waals surface area contributed by atoms with Crippen molar-refractivity contribution in [1.82, 2.24) is 25.5 Å². The first-order valence-electron chi connectivity index (χ1n) is 9.75. The van der Waals surface area contributed by atoms with E-state index in [1.807, 2.05) is 18.5 Å². The number of H-pyrrole nitrogens is 2. The van der Waals surface area contributed by atoms with Crippen LogP contribution in [0.2, 0.25) is 0 Å². The number of nitrogens with one attached hydrogen (secondary N) is 3. The summed E-state index contributed by atoms with van der Waals surface area (Å²) in [5, 5.41) is 13.4. The van der Waals surface area contributed by atoms with Crippen molar-refractivity contribution < 1.29 is 4.42 Å². The van der Waals surface area contributed by atoms with Crippen molar-refractivity contribution in [3.63, 3.8) is 0 Å². The summed E-state index contributed by atoms with van der Waals surface area (Å²) in [5.74, 6) is 0. The minimum Gasteiger partial charge on any atom is -0.472 e. The minimum atomic E-state index is 0.922. The van der Waals surface area contributed by atoms with E-state index >= 15 is 0 Å². The molecule has 1 aromatic carbocycles. The van der Waals surface area contributed by atoms with Crippen LogP contribution in [-0.2, 0) is 0 Å². The largest absolute Gasteiger partial charge is 0.472 e. The molecule has 6 heteroatoms. The van der Waals surface area contributed by atoms with E-state index in [0.717, 1.165) is 63.8 Å². The Labute approximate surface area is 166 Å². The standard InChI is InChI=1S/C23H19N5O/c1-2-20-18(9-15(1)14-3-6-24-7-4-14)23(28-27-20)21-10-17-19(16-5-8-29-13-16)11-25-12-22(17)26-21/h1-3,5,8-13,24,26H,4,6-7H2,(H,27,28). The van der Waals surface area contributed by atoms with Crippen molar-refractivity contribution in [2.24, 2.45) is 0 Å². The Hall–Kier alpha value is -3.64. The Morgan fingerprint density at radius 1 is 0.966 bits per heavy atom. The quantitative estimate of drug-likeness (QED) is 0.421. The molecule has 0 saturated carbocycles. The molecule has 0 bridgehead atoms. The zero-order valence-corrected chi connectivity index (χ0v) is 15.7. The SMILES string of the molecule is C1=C(c2ccc3[nH]nc(-c4cc5c(-c6ccoc6)cncc5[nH]4)c3c2)CCNC1. The second-order valence-electron chi connectivity index (χ2n) is 7.36. The van der Waals surface area contributed by atoms with Gasteiger partial charge in [0.05, 0.1) is 35.5 Å². The smallest absolute Gasteiger partial charge is 0.116 e. The average Bonchev–Trinajstić information content (AvgIpc) is 3.52. The maximum atomic E-state index is 5.26. The molecule has 0 fully saturated rings. The van der Waals surface area contributed by atoms with Crippen molar-refractivity contribution in [2.45, 2.75) is 6.42 Å². The maximum Gasteiger partial charge on any atom is 0.116 e. The van der Waals surface area contributed by atoms with Gasteiger partial charge >= 0.3 is 0 Å². The molecular weight excluding hydrogens is 362 g/mol. The van der Waals surface area contributed by atoms with Crippen LogP contribution in [0.3, 0.4) is 0 Å². The number of benzene rings is 1. The van der Waals surface area contributed by atoms with Crippen LogP contribution in [0.25, 0.3) is 49.9 Å². The molecule has 29 heavy (non-hydrogen) atoms. The first-order valence-corrected chi connectivity index (χ1v) is 9.75. The van der Waals surface area contributed by atoms with Crippen LogP contribution in [0.15, 0.2) is 65.7 Å². The van der Waals surface area contributed by atoms with Crippen molar-refractivity contribution in [1.29, 1.82) is 0 Å². The summed E-state index contributed by atoms with van der Waals surface area (Å²) in [6.07, 6.45) is 10.5. The third-order valence-corrected chi connectivity index (χ3v) is 5.63. The average molecular weight is 381 g/mol. The predicted octanol–water partition coefficient (Wildman–Crippen LogP) is 4.74. The van der Waals surface area contributed by atoms with E-state index in [2.05, 4.69) is 55.8 Å². The predicted molar refractivity (Wildman–Crippen MR) is 114 cm³/mol. The van der Waals surface area contributed by atoms with Crippen LogP contribution >= 0.6 is 0 Å². The van der Waals surface area contributed by atoms with Crippen molar-refractivity contribution in [2.75, 3.05) is 13.1 Å². The van der Waals surface area contributed by atoms with Gasteiger partial charge < -0.3 is 14.7 Å². The van der Waals surface area contributed by atoms with Gasteiger partial charge in [-0.15, -0.1) is 0 Å². The number of nitrogens with zero attached hydrogens (tertiary/aromatic N) is 2. The molecule has 5 aromatic rings. The monoisotopic (exact) mass is 381 g/mol. The molecule has 0 unspecified atom stereocenters. The van der Waals surface area contributed by atoms with E-state index in [1.165, 1.54) is 11.1 Å². The van der Waals surface area contributed by atoms with Crippen LogP contribution in [0.4, 0.5) is 0 Å². The van der Waals surface area contributed by atoms with Crippen LogP contribution in [0.1, 0.15) is 12.0 Å². The third kappa shape index (κ3) is 2.68. The number of rotatable bonds is 3. The zero-order chi connectivity index (χ0) is 19.2. The van der Waals surface area contributed by atoms with E-state index in [4.69, 9.17) is 4.42 Å². The number of hydrogen-bond acceptors (Lipinski definition) is 4. The number of pyridine rings is 1. The molecule has 0 aliphatic carbocycles. The van der Waals surface area contributed by atoms with Gasteiger partial charge in [-0.05, 0) is 48.4 Å². The van der Waals surface area contributed by atoms with Crippen LogP contribution in [0, 0.1) is 0 Å². The number of aromatic amines is 2. The molecule has 142 valence electrons. The molecule has 0 atom stereocenters. The highest BCUT2D eigenvalue weighted by Gasteiger charge is 2.15. The first-order chi connectivity index (χ1) is 14.4. The normalized spacial score (nSPS) is 14.6. The van der Waals surface area contributed by atoms with Crippen molar-refractivity contribution in [3.05, 3.63) is 66.9 Å². The lowest BCUT2D eigenvalue weighted by Gasteiger charge is -2.14. The van der Waals surface area contributed by atoms with E-state index in [-0.39, 0.29) is 0 Å². The molecule has 3 N–H and O–H groups in total. The molecule has 1 aliphatic heterocycles. The van der Waals surface area contributed by atoms with Gasteiger partial charge in [-0.3, -0.25) is 10.1 Å². The minimum absolute atomic E-state index is 0.922. The van der Waals surface area contributed by atoms with Gasteiger partial charge in [0, 0.05) is 34.6 Å². The highest BCUT2D eigenvalue weighted by atomic mass is 16.3. The zero-order valence-electron chi connectivity index (χ0n) is 15.7. The lowest BCUT2D eigenvalue weighted by atomic mass is 9.98. The number of furan rings is 1. The molecular formula is C23H19N5O. The molecule has 6 rings (SSSR count). The van der Waals surface area contributed by atoms with Gasteiger partial charge in [0.15, 0.2) is 0 Å². The van der Waals surface area contributed by atoms with E-state index in [1.54, 1.807) is 12.5 Å². The van der Waals surface area contributed by atoms with Crippen LogP contribution in [0.5, 0.6) is 0 Å². The topological polar surface area (TPSA) is 82.5 Å². The van der Waals surface area contributed by atoms with Crippen LogP contribution in [-0.4, -0.2) is 33.3 Å². The van der Waals surface area contributed by atoms with Crippen LogP contribution < -0.4 is 5.32 Å². The Balaban J connectivity index is 1.50. The molecule has 0 radical (unpaired) electrons. The second kappa shape index (κ2) is 6.46. The molecule has 1 aliphatic rings. The fourth-order valence-electron chi connectivity index (χ4n) is 4.13. The highest BCUT2D eigenvalue weighted by Crippen LogP contribution is 2.34. The first kappa shape index (κ1) is 16.3.